The number of nitrogens with one attached hydrogen (secondary N) is 2. The number of aliphatic carboxylic acids is 1. The van der Waals surface area contributed by atoms with Crippen molar-refractivity contribution in [1.82, 2.24) is 20.4 Å². The fourth-order valence-electron chi connectivity index (χ4n) is 8.49. The van der Waals surface area contributed by atoms with Crippen molar-refractivity contribution in [2.24, 2.45) is 35.5 Å². The number of carbonyl (C=O) groups is 5. The van der Waals surface area contributed by atoms with Crippen molar-refractivity contribution in [2.75, 3.05) is 28.3 Å². The van der Waals surface area contributed by atoms with Gasteiger partial charge in [-0.05, 0) is 61.3 Å². The summed E-state index contributed by atoms with van der Waals surface area (Å²) in [7, 11) is 6.58. The van der Waals surface area contributed by atoms with Gasteiger partial charge < -0.3 is 35.0 Å². The molecule has 1 aliphatic heterocycles. The van der Waals surface area contributed by atoms with Crippen LogP contribution in [0.15, 0.2) is 24.3 Å². The van der Waals surface area contributed by atoms with Crippen molar-refractivity contribution in [3.63, 3.8) is 0 Å². The molecule has 1 aromatic rings. The second-order valence-electron chi connectivity index (χ2n) is 16.2. The summed E-state index contributed by atoms with van der Waals surface area (Å²) in [6, 6.07) is 4.49. The van der Waals surface area contributed by atoms with Crippen LogP contribution in [0.5, 0.6) is 0 Å². The topological polar surface area (TPSA) is 155 Å². The maximum absolute atomic E-state index is 14.4. The van der Waals surface area contributed by atoms with Crippen molar-refractivity contribution < 1.29 is 38.6 Å². The molecule has 54 heavy (non-hydrogen) atoms. The minimum absolute atomic E-state index is 0.000711. The maximum atomic E-state index is 14.4. The number of likely N-dealkylation sites (N-methyl/N-ethyl adjacent to an activating group) is 2. The molecule has 0 unspecified atom stereocenters. The van der Waals surface area contributed by atoms with E-state index >= 15 is 0 Å². The van der Waals surface area contributed by atoms with Gasteiger partial charge >= 0.3 is 5.97 Å². The van der Waals surface area contributed by atoms with E-state index in [9.17, 15) is 29.1 Å². The minimum atomic E-state index is -1.18. The number of carbonyl (C=O) groups excluding carboxylic acids is 4. The number of methoxy groups -OCH3 is 2. The van der Waals surface area contributed by atoms with Crippen LogP contribution >= 0.6 is 11.6 Å². The summed E-state index contributed by atoms with van der Waals surface area (Å²) < 4.78 is 12.0. The van der Waals surface area contributed by atoms with Crippen molar-refractivity contribution in [3.8, 4) is 0 Å². The van der Waals surface area contributed by atoms with Gasteiger partial charge in [0, 0.05) is 51.1 Å². The fourth-order valence-corrected chi connectivity index (χ4v) is 8.70. The Kier molecular flexibility index (Phi) is 17.0. The number of carboxylic acid groups (broad SMARTS) is 1. The monoisotopic (exact) mass is 776 g/mol. The highest BCUT2D eigenvalue weighted by Gasteiger charge is 2.57. The van der Waals surface area contributed by atoms with Crippen LogP contribution in [0.25, 0.3) is 0 Å². The maximum Gasteiger partial charge on any atom is 0.326 e. The number of likely N-dealkylation sites (tertiary alicyclic amines) is 1. The second kappa shape index (κ2) is 20.2. The first-order chi connectivity index (χ1) is 25.4. The molecule has 0 bridgehead atoms. The van der Waals surface area contributed by atoms with E-state index in [2.05, 4.69) is 10.6 Å². The summed E-state index contributed by atoms with van der Waals surface area (Å²) in [5.41, 5.74) is 0.677. The quantitative estimate of drug-likeness (QED) is 0.150. The Hall–Kier alpha value is -3.06. The number of hydrogen-bond acceptors (Lipinski definition) is 8. The zero-order chi connectivity index (χ0) is 40.6. The lowest BCUT2D eigenvalue weighted by Gasteiger charge is -2.41. The molecular formula is C41H65ClN4O8. The second-order valence-corrected chi connectivity index (χ2v) is 16.7. The normalized spacial score (nSPS) is 22.4. The van der Waals surface area contributed by atoms with Crippen LogP contribution < -0.4 is 10.6 Å². The molecular weight excluding hydrogens is 712 g/mol. The lowest BCUT2D eigenvalue weighted by molar-refractivity contribution is -0.150. The summed E-state index contributed by atoms with van der Waals surface area (Å²) in [6.07, 6.45) is 1.13. The first-order valence-corrected chi connectivity index (χ1v) is 19.9. The van der Waals surface area contributed by atoms with E-state index in [1.807, 2.05) is 46.4 Å². The summed E-state index contributed by atoms with van der Waals surface area (Å²) in [5.74, 6) is -2.98. The molecule has 2 aliphatic rings. The largest absolute Gasteiger partial charge is 0.480 e. The number of ether oxygens (including phenoxy) is 2. The summed E-state index contributed by atoms with van der Waals surface area (Å²) in [6.45, 7) is 13.7. The number of ketones is 1. The Morgan fingerprint density at radius 3 is 2.19 bits per heavy atom. The smallest absolute Gasteiger partial charge is 0.326 e. The van der Waals surface area contributed by atoms with Gasteiger partial charge in [0.2, 0.25) is 17.7 Å². The molecule has 0 spiro atoms. The van der Waals surface area contributed by atoms with E-state index < -0.39 is 54.0 Å². The number of fused-ring (bicyclic) bond motifs is 1. The SMILES string of the molecule is CC[C@H](C)[C@@H]([C@@H](CC(=O)N1[C@H]2C[C@H]2C[C@H]1[C@H](OC)[C@@H](C)C(=O)N[C@@H](Cc1cccc(Cl)c1)C(=O)O)OC)N(C)C(=O)[C@@H](CC(=O)[C@@H](NC)C(C)C)C(C)C. The first kappa shape index (κ1) is 45.3. The number of rotatable bonds is 22. The Labute approximate surface area is 327 Å². The van der Waals surface area contributed by atoms with Crippen molar-refractivity contribution in [1.29, 1.82) is 0 Å². The van der Waals surface area contributed by atoms with E-state index in [1.54, 1.807) is 57.3 Å². The molecule has 3 N–H and O–H groups in total. The van der Waals surface area contributed by atoms with Gasteiger partial charge in [-0.15, -0.1) is 0 Å². The Balaban J connectivity index is 1.80. The number of Topliss-reactive ketones (excluding diaryl/α,β-unsaturated/α-hetero) is 1. The number of hydrogen-bond donors (Lipinski definition) is 3. The molecule has 3 rings (SSSR count). The number of benzene rings is 1. The predicted molar refractivity (Wildman–Crippen MR) is 209 cm³/mol. The van der Waals surface area contributed by atoms with Crippen molar-refractivity contribution >= 4 is 41.1 Å². The van der Waals surface area contributed by atoms with Gasteiger partial charge in [0.1, 0.15) is 6.04 Å². The third kappa shape index (κ3) is 11.0. The third-order valence-electron chi connectivity index (χ3n) is 11.9. The van der Waals surface area contributed by atoms with Gasteiger partial charge in [-0.3, -0.25) is 19.2 Å². The van der Waals surface area contributed by atoms with E-state index in [-0.39, 0.29) is 72.6 Å². The number of piperidine rings is 1. The molecule has 3 amide bonds. The molecule has 12 nitrogen and oxygen atoms in total. The number of halogens is 1. The number of amides is 3. The standard InChI is InChI=1S/C41H65ClN4O8/c1-12-24(6)37(45(9)40(50)29(22(2)3)20-33(47)36(43-8)23(4)5)34(53-10)21-35(48)46-31-18-27(31)19-32(46)38(54-11)25(7)39(49)44-30(41(51)52)17-26-14-13-15-28(42)16-26/h13-16,22-25,27,29-32,34,36-38,43H,12,17-21H2,1-11H3,(H,44,49)(H,51,52)/t24-,25+,27-,29-,30-,31-,32-,34+,36-,37-,38+/m0/s1. The van der Waals surface area contributed by atoms with Crippen LogP contribution in [0, 0.1) is 35.5 Å². The molecule has 1 aliphatic carbocycles. The highest BCUT2D eigenvalue weighted by molar-refractivity contribution is 6.30. The molecule has 2 fully saturated rings. The molecule has 0 aromatic heterocycles. The van der Waals surface area contributed by atoms with Crippen LogP contribution in [0.3, 0.4) is 0 Å². The number of nitrogens with zero attached hydrogens (tertiary/aromatic N) is 2. The first-order valence-electron chi connectivity index (χ1n) is 19.5. The molecule has 1 saturated heterocycles. The van der Waals surface area contributed by atoms with Crippen LogP contribution in [0.2, 0.25) is 5.02 Å². The van der Waals surface area contributed by atoms with Crippen molar-refractivity contribution in [3.05, 3.63) is 34.9 Å². The molecule has 1 aromatic carbocycles. The lowest BCUT2D eigenvalue weighted by Crippen LogP contribution is -2.55. The summed E-state index contributed by atoms with van der Waals surface area (Å²) in [5, 5.41) is 16.2. The zero-order valence-electron chi connectivity index (χ0n) is 34.1. The summed E-state index contributed by atoms with van der Waals surface area (Å²) in [4.78, 5) is 71.3. The van der Waals surface area contributed by atoms with Gasteiger partial charge in [0.05, 0.1) is 42.7 Å². The van der Waals surface area contributed by atoms with Gasteiger partial charge in [-0.25, -0.2) is 4.79 Å². The van der Waals surface area contributed by atoms with Crippen LogP contribution in [0.1, 0.15) is 86.1 Å². The molecule has 11 atom stereocenters. The van der Waals surface area contributed by atoms with Gasteiger partial charge in [0.25, 0.3) is 0 Å². The third-order valence-corrected chi connectivity index (χ3v) is 12.1. The predicted octanol–water partition coefficient (Wildman–Crippen LogP) is 4.85. The molecule has 1 heterocycles. The van der Waals surface area contributed by atoms with Gasteiger partial charge in [-0.2, -0.15) is 0 Å². The summed E-state index contributed by atoms with van der Waals surface area (Å²) >= 11 is 6.10. The zero-order valence-corrected chi connectivity index (χ0v) is 34.9. The molecule has 1 saturated carbocycles. The molecule has 0 radical (unpaired) electrons. The average molecular weight is 777 g/mol. The van der Waals surface area contributed by atoms with E-state index in [1.165, 1.54) is 7.11 Å². The van der Waals surface area contributed by atoms with Gasteiger partial charge in [0.15, 0.2) is 5.78 Å². The van der Waals surface area contributed by atoms with Crippen LogP contribution in [-0.2, 0) is 39.9 Å². The Morgan fingerprint density at radius 2 is 1.67 bits per heavy atom. The molecule has 304 valence electrons. The average Bonchev–Trinajstić information content (AvgIpc) is 3.78. The van der Waals surface area contributed by atoms with Crippen LogP contribution in [-0.4, -0.2) is 115 Å². The van der Waals surface area contributed by atoms with E-state index in [0.29, 0.717) is 17.0 Å². The fraction of sp³-hybridized carbons (Fsp3) is 0.732. The van der Waals surface area contributed by atoms with Crippen molar-refractivity contribution in [2.45, 2.75) is 129 Å². The minimum Gasteiger partial charge on any atom is -0.480 e. The van der Waals surface area contributed by atoms with E-state index in [0.717, 1.165) is 12.8 Å². The van der Waals surface area contributed by atoms with Gasteiger partial charge in [-0.1, -0.05) is 78.6 Å². The highest BCUT2D eigenvalue weighted by Crippen LogP contribution is 2.50. The molecule has 13 heteroatoms. The Bertz CT molecular complexity index is 1460. The number of carboxylic acids is 1. The van der Waals surface area contributed by atoms with Crippen LogP contribution in [0.4, 0.5) is 0 Å². The van der Waals surface area contributed by atoms with E-state index in [4.69, 9.17) is 21.1 Å². The lowest BCUT2D eigenvalue weighted by atomic mass is 9.84. The highest BCUT2D eigenvalue weighted by atomic mass is 35.5. The Morgan fingerprint density at radius 1 is 1.00 bits per heavy atom.